The van der Waals surface area contributed by atoms with E-state index in [2.05, 4.69) is 10.3 Å². The van der Waals surface area contributed by atoms with Crippen molar-refractivity contribution in [2.45, 2.75) is 6.18 Å². The number of carbonyl (C=O) groups excluding carboxylic acids is 1. The monoisotopic (exact) mass is 313 g/mol. The first-order chi connectivity index (χ1) is 10.2. The number of H-pyrrole nitrogens is 1. The maximum atomic E-state index is 12.4. The van der Waals surface area contributed by atoms with Crippen molar-refractivity contribution >= 4 is 11.6 Å². The standard InChI is InChI=1S/C13H10F3N3O3/c1-19-10(20)6-9(18-12(19)22)11(21)17-8-4-2-7(3-5-8)13(14,15)16/h2-6H,1H3,(H,17,21)(H,18,22). The van der Waals surface area contributed by atoms with Crippen molar-refractivity contribution in [2.24, 2.45) is 7.05 Å². The maximum Gasteiger partial charge on any atom is 0.416 e. The number of aromatic nitrogens is 2. The molecule has 9 heteroatoms. The number of hydrogen-bond donors (Lipinski definition) is 2. The topological polar surface area (TPSA) is 84.0 Å². The molecular weight excluding hydrogens is 303 g/mol. The summed E-state index contributed by atoms with van der Waals surface area (Å²) in [5.41, 5.74) is -2.49. The number of amides is 1. The largest absolute Gasteiger partial charge is 0.416 e. The highest BCUT2D eigenvalue weighted by molar-refractivity contribution is 6.02. The Morgan fingerprint density at radius 3 is 2.27 bits per heavy atom. The van der Waals surface area contributed by atoms with Crippen molar-refractivity contribution in [2.75, 3.05) is 5.32 Å². The second-order valence-corrected chi connectivity index (χ2v) is 4.41. The summed E-state index contributed by atoms with van der Waals surface area (Å²) in [6, 6.07) is 4.67. The number of anilines is 1. The van der Waals surface area contributed by atoms with E-state index in [0.717, 1.165) is 34.9 Å². The molecule has 0 unspecified atom stereocenters. The molecule has 1 aromatic heterocycles. The van der Waals surface area contributed by atoms with Crippen LogP contribution in [0.15, 0.2) is 39.9 Å². The lowest BCUT2D eigenvalue weighted by Gasteiger charge is -2.09. The van der Waals surface area contributed by atoms with Gasteiger partial charge in [0, 0.05) is 18.8 Å². The molecule has 0 radical (unpaired) electrons. The molecule has 2 N–H and O–H groups in total. The van der Waals surface area contributed by atoms with Crippen LogP contribution in [0.1, 0.15) is 16.1 Å². The lowest BCUT2D eigenvalue weighted by molar-refractivity contribution is -0.137. The van der Waals surface area contributed by atoms with Gasteiger partial charge in [0.05, 0.1) is 5.56 Å². The summed E-state index contributed by atoms with van der Waals surface area (Å²) in [5, 5.41) is 2.29. The molecule has 0 spiro atoms. The number of rotatable bonds is 2. The summed E-state index contributed by atoms with van der Waals surface area (Å²) in [5.74, 6) is -0.811. The van der Waals surface area contributed by atoms with Gasteiger partial charge in [-0.25, -0.2) is 4.79 Å². The minimum Gasteiger partial charge on any atom is -0.321 e. The molecule has 116 valence electrons. The summed E-state index contributed by atoms with van der Waals surface area (Å²) < 4.78 is 38.0. The molecule has 0 aliphatic carbocycles. The van der Waals surface area contributed by atoms with Crippen molar-refractivity contribution < 1.29 is 18.0 Å². The van der Waals surface area contributed by atoms with Crippen LogP contribution in [-0.4, -0.2) is 15.5 Å². The Balaban J connectivity index is 2.22. The van der Waals surface area contributed by atoms with Crippen LogP contribution in [-0.2, 0) is 13.2 Å². The third kappa shape index (κ3) is 3.25. The van der Waals surface area contributed by atoms with E-state index in [1.165, 1.54) is 7.05 Å². The van der Waals surface area contributed by atoms with Crippen LogP contribution >= 0.6 is 0 Å². The van der Waals surface area contributed by atoms with E-state index in [1.54, 1.807) is 0 Å². The Morgan fingerprint density at radius 1 is 1.18 bits per heavy atom. The number of carbonyl (C=O) groups is 1. The SMILES string of the molecule is Cn1c(=O)cc(C(=O)Nc2ccc(C(F)(F)F)cc2)[nH]c1=O. The first-order valence-corrected chi connectivity index (χ1v) is 5.97. The zero-order valence-corrected chi connectivity index (χ0v) is 11.2. The Hall–Kier alpha value is -2.84. The highest BCUT2D eigenvalue weighted by atomic mass is 19.4. The zero-order valence-electron chi connectivity index (χ0n) is 11.2. The first-order valence-electron chi connectivity index (χ1n) is 5.97. The fourth-order valence-corrected chi connectivity index (χ4v) is 1.62. The summed E-state index contributed by atoms with van der Waals surface area (Å²) in [4.78, 5) is 36.8. The molecule has 0 atom stereocenters. The van der Waals surface area contributed by atoms with Crippen LogP contribution in [0.4, 0.5) is 18.9 Å². The number of halogens is 3. The lowest BCUT2D eigenvalue weighted by atomic mass is 10.2. The molecule has 22 heavy (non-hydrogen) atoms. The van der Waals surface area contributed by atoms with E-state index in [1.807, 2.05) is 0 Å². The molecule has 0 aliphatic rings. The van der Waals surface area contributed by atoms with Crippen molar-refractivity contribution in [3.63, 3.8) is 0 Å². The smallest absolute Gasteiger partial charge is 0.321 e. The number of alkyl halides is 3. The van der Waals surface area contributed by atoms with Gasteiger partial charge in [-0.2, -0.15) is 13.2 Å². The fraction of sp³-hybridized carbons (Fsp3) is 0.154. The van der Waals surface area contributed by atoms with Crippen LogP contribution < -0.4 is 16.6 Å². The summed E-state index contributed by atoms with van der Waals surface area (Å²) in [6.07, 6.45) is -4.47. The van der Waals surface area contributed by atoms with E-state index >= 15 is 0 Å². The first kappa shape index (κ1) is 15.5. The van der Waals surface area contributed by atoms with Crippen molar-refractivity contribution in [1.82, 2.24) is 9.55 Å². The van der Waals surface area contributed by atoms with Gasteiger partial charge >= 0.3 is 11.9 Å². The van der Waals surface area contributed by atoms with E-state index in [0.29, 0.717) is 0 Å². The van der Waals surface area contributed by atoms with Crippen LogP contribution in [0, 0.1) is 0 Å². The third-order valence-electron chi connectivity index (χ3n) is 2.86. The molecule has 0 fully saturated rings. The maximum absolute atomic E-state index is 12.4. The van der Waals surface area contributed by atoms with Gasteiger partial charge in [0.25, 0.3) is 11.5 Å². The van der Waals surface area contributed by atoms with Gasteiger partial charge in [-0.3, -0.25) is 14.2 Å². The van der Waals surface area contributed by atoms with Gasteiger partial charge in [0.15, 0.2) is 0 Å². The van der Waals surface area contributed by atoms with Crippen LogP contribution in [0.2, 0.25) is 0 Å². The second-order valence-electron chi connectivity index (χ2n) is 4.41. The number of nitrogens with zero attached hydrogens (tertiary/aromatic N) is 1. The molecule has 1 amide bonds. The third-order valence-corrected chi connectivity index (χ3v) is 2.86. The van der Waals surface area contributed by atoms with Gasteiger partial charge in [0.1, 0.15) is 5.69 Å². The number of hydrogen-bond acceptors (Lipinski definition) is 3. The molecule has 2 rings (SSSR count). The van der Waals surface area contributed by atoms with Gasteiger partial charge in [-0.05, 0) is 24.3 Å². The molecule has 2 aromatic rings. The minimum absolute atomic E-state index is 0.0968. The van der Waals surface area contributed by atoms with E-state index in [-0.39, 0.29) is 11.4 Å². The highest BCUT2D eigenvalue weighted by Gasteiger charge is 2.30. The minimum atomic E-state index is -4.47. The quantitative estimate of drug-likeness (QED) is 0.877. The predicted octanol–water partition coefficient (Wildman–Crippen LogP) is 1.34. The molecule has 0 aliphatic heterocycles. The Morgan fingerprint density at radius 2 is 1.77 bits per heavy atom. The predicted molar refractivity (Wildman–Crippen MR) is 71.7 cm³/mol. The Bertz CT molecular complexity index is 788. The summed E-state index contributed by atoms with van der Waals surface area (Å²) in [6.45, 7) is 0. The highest BCUT2D eigenvalue weighted by Crippen LogP contribution is 2.29. The van der Waals surface area contributed by atoms with Gasteiger partial charge in [0.2, 0.25) is 0 Å². The van der Waals surface area contributed by atoms with Gasteiger partial charge in [-0.1, -0.05) is 0 Å². The average Bonchev–Trinajstić information content (AvgIpc) is 2.43. The fourth-order valence-electron chi connectivity index (χ4n) is 1.62. The van der Waals surface area contributed by atoms with E-state index < -0.39 is 28.9 Å². The zero-order chi connectivity index (χ0) is 16.5. The molecular formula is C13H10F3N3O3. The van der Waals surface area contributed by atoms with Crippen molar-refractivity contribution in [3.8, 4) is 0 Å². The van der Waals surface area contributed by atoms with E-state index in [9.17, 15) is 27.6 Å². The normalized spacial score (nSPS) is 11.3. The Kier molecular flexibility index (Phi) is 3.89. The second kappa shape index (κ2) is 5.51. The molecule has 0 bridgehead atoms. The van der Waals surface area contributed by atoms with Crippen molar-refractivity contribution in [1.29, 1.82) is 0 Å². The van der Waals surface area contributed by atoms with Crippen molar-refractivity contribution in [3.05, 3.63) is 62.4 Å². The molecule has 1 aromatic carbocycles. The Labute approximate surface area is 121 Å². The van der Waals surface area contributed by atoms with E-state index in [4.69, 9.17) is 0 Å². The average molecular weight is 313 g/mol. The molecule has 0 saturated heterocycles. The summed E-state index contributed by atoms with van der Waals surface area (Å²) in [7, 11) is 1.23. The lowest BCUT2D eigenvalue weighted by Crippen LogP contribution is -2.34. The van der Waals surface area contributed by atoms with Crippen LogP contribution in [0.3, 0.4) is 0 Å². The van der Waals surface area contributed by atoms with Crippen LogP contribution in [0.5, 0.6) is 0 Å². The van der Waals surface area contributed by atoms with Gasteiger partial charge in [-0.15, -0.1) is 0 Å². The number of nitrogens with one attached hydrogen (secondary N) is 2. The molecule has 0 saturated carbocycles. The molecule has 1 heterocycles. The number of aromatic amines is 1. The number of benzene rings is 1. The summed E-state index contributed by atoms with van der Waals surface area (Å²) >= 11 is 0. The molecule has 6 nitrogen and oxygen atoms in total. The van der Waals surface area contributed by atoms with Crippen LogP contribution in [0.25, 0.3) is 0 Å². The van der Waals surface area contributed by atoms with Gasteiger partial charge < -0.3 is 10.3 Å².